The second-order valence-electron chi connectivity index (χ2n) is 10.2. The molecule has 2 aromatic rings. The Morgan fingerprint density at radius 2 is 1.82 bits per heavy atom. The first-order valence-electron chi connectivity index (χ1n) is 13.1. The van der Waals surface area contributed by atoms with E-state index >= 15 is 4.39 Å². The molecule has 1 fully saturated rings. The van der Waals surface area contributed by atoms with Crippen molar-refractivity contribution >= 4 is 29.7 Å². The van der Waals surface area contributed by atoms with Gasteiger partial charge in [0.05, 0.1) is 24.5 Å². The number of amides is 3. The number of likely N-dealkylation sites (N-methyl/N-ethyl adjacent to an activating group) is 1. The molecule has 0 radical (unpaired) electrons. The Kier molecular flexibility index (Phi) is 10.2. The maximum absolute atomic E-state index is 15.3. The zero-order chi connectivity index (χ0) is 29.4. The number of ether oxygens (including phenoxy) is 3. The molecule has 2 aromatic carbocycles. The van der Waals surface area contributed by atoms with Crippen LogP contribution in [0, 0.1) is 5.82 Å². The quantitative estimate of drug-likeness (QED) is 0.356. The highest BCUT2D eigenvalue weighted by molar-refractivity contribution is 5.90. The van der Waals surface area contributed by atoms with Crippen molar-refractivity contribution < 1.29 is 33.0 Å². The number of benzene rings is 2. The number of nitrogens with zero attached hydrogens (tertiary/aromatic N) is 4. The van der Waals surface area contributed by atoms with E-state index in [1.165, 1.54) is 18.0 Å². The summed E-state index contributed by atoms with van der Waals surface area (Å²) < 4.78 is 31.3. The van der Waals surface area contributed by atoms with E-state index in [0.29, 0.717) is 12.2 Å². The third kappa shape index (κ3) is 7.98. The largest absolute Gasteiger partial charge is 0.443 e. The van der Waals surface area contributed by atoms with E-state index in [1.54, 1.807) is 37.8 Å². The number of rotatable bonds is 9. The summed E-state index contributed by atoms with van der Waals surface area (Å²) in [7, 11) is 1.41. The molecule has 0 saturated carbocycles. The number of hydrogen-bond acceptors (Lipinski definition) is 8. The Hall–Kier alpha value is -4.06. The number of hydrazine groups is 1. The normalized spacial score (nSPS) is 14.9. The van der Waals surface area contributed by atoms with E-state index in [-0.39, 0.29) is 38.5 Å². The average molecular weight is 560 g/mol. The summed E-state index contributed by atoms with van der Waals surface area (Å²) in [6.45, 7) is 8.02. The van der Waals surface area contributed by atoms with Gasteiger partial charge >= 0.3 is 18.3 Å². The van der Waals surface area contributed by atoms with Crippen LogP contribution in [-0.4, -0.2) is 79.8 Å². The first kappa shape index (κ1) is 30.5. The third-order valence-corrected chi connectivity index (χ3v) is 6.12. The second-order valence-corrected chi connectivity index (χ2v) is 10.2. The van der Waals surface area contributed by atoms with Crippen LogP contribution in [0.3, 0.4) is 0 Å². The Balaban J connectivity index is 1.73. The zero-order valence-corrected chi connectivity index (χ0v) is 23.6. The number of cyclic esters (lactones) is 1. The van der Waals surface area contributed by atoms with Crippen LogP contribution in [0.15, 0.2) is 48.5 Å². The van der Waals surface area contributed by atoms with Gasteiger partial charge in [0, 0.05) is 26.7 Å². The van der Waals surface area contributed by atoms with Crippen LogP contribution in [0.25, 0.3) is 0 Å². The van der Waals surface area contributed by atoms with Crippen molar-refractivity contribution in [2.45, 2.75) is 46.0 Å². The van der Waals surface area contributed by atoms with E-state index in [9.17, 15) is 14.4 Å². The van der Waals surface area contributed by atoms with Gasteiger partial charge in [-0.25, -0.2) is 28.8 Å². The monoisotopic (exact) mass is 559 g/mol. The lowest BCUT2D eigenvalue weighted by molar-refractivity contribution is -0.0366. The number of hydrogen-bond donors (Lipinski definition) is 1. The first-order chi connectivity index (χ1) is 18.9. The minimum Gasteiger partial charge on any atom is -0.443 e. The Labute approximate surface area is 234 Å². The molecule has 0 aromatic heterocycles. The van der Waals surface area contributed by atoms with Gasteiger partial charge in [-0.1, -0.05) is 30.3 Å². The molecule has 11 nitrogen and oxygen atoms in total. The van der Waals surface area contributed by atoms with Crippen molar-refractivity contribution in [3.8, 4) is 0 Å². The number of halogens is 1. The van der Waals surface area contributed by atoms with Crippen LogP contribution in [0.1, 0.15) is 33.3 Å². The molecule has 1 aliphatic rings. The van der Waals surface area contributed by atoms with Crippen LogP contribution in [0.2, 0.25) is 0 Å². The third-order valence-electron chi connectivity index (χ3n) is 6.12. The predicted octanol–water partition coefficient (Wildman–Crippen LogP) is 4.36. The number of anilines is 2. The molecule has 218 valence electrons. The van der Waals surface area contributed by atoms with E-state index in [4.69, 9.17) is 19.9 Å². The SMILES string of the molecule is CCN(CCN(C(=O)OC(C)(C)C)N(C)C(=O)OCc1ccccc1)c1ccc(N2C[C@H](CN)OC2=O)cc1F. The average Bonchev–Trinajstić information content (AvgIpc) is 3.30. The van der Waals surface area contributed by atoms with Gasteiger partial charge in [0.25, 0.3) is 0 Å². The van der Waals surface area contributed by atoms with Gasteiger partial charge in [0.2, 0.25) is 0 Å². The fraction of sp³-hybridized carbons (Fsp3) is 0.464. The van der Waals surface area contributed by atoms with Gasteiger partial charge in [0.1, 0.15) is 24.1 Å². The topological polar surface area (TPSA) is 118 Å². The molecule has 3 rings (SSSR count). The molecule has 12 heteroatoms. The minimum absolute atomic E-state index is 0.00247. The molecule has 2 N–H and O–H groups in total. The lowest BCUT2D eigenvalue weighted by Crippen LogP contribution is -2.52. The van der Waals surface area contributed by atoms with Crippen molar-refractivity contribution in [1.82, 2.24) is 10.0 Å². The minimum atomic E-state index is -0.809. The van der Waals surface area contributed by atoms with Crippen LogP contribution in [0.5, 0.6) is 0 Å². The molecule has 0 aliphatic carbocycles. The number of carbonyl (C=O) groups excluding carboxylic acids is 3. The first-order valence-corrected chi connectivity index (χ1v) is 13.1. The molecule has 3 amide bonds. The molecular weight excluding hydrogens is 521 g/mol. The highest BCUT2D eigenvalue weighted by Crippen LogP contribution is 2.28. The van der Waals surface area contributed by atoms with Crippen LogP contribution >= 0.6 is 0 Å². The predicted molar refractivity (Wildman–Crippen MR) is 148 cm³/mol. The number of nitrogens with two attached hydrogens (primary N) is 1. The fourth-order valence-electron chi connectivity index (χ4n) is 4.03. The highest BCUT2D eigenvalue weighted by Gasteiger charge is 2.32. The van der Waals surface area contributed by atoms with Gasteiger partial charge < -0.3 is 24.8 Å². The molecule has 0 unspecified atom stereocenters. The Morgan fingerprint density at radius 3 is 2.40 bits per heavy atom. The van der Waals surface area contributed by atoms with Crippen LogP contribution in [0.4, 0.5) is 30.1 Å². The standard InChI is InChI=1S/C28H38FN5O6/c1-6-32(24-13-12-21(16-23(24)29)33-18-22(17-30)39-26(33)36)14-15-34(27(37)40-28(2,3)4)31(5)25(35)38-19-20-10-8-7-9-11-20/h7-13,16,22H,6,14-15,17-19,30H2,1-5H3/t22-/m0/s1. The molecule has 1 aliphatic heterocycles. The number of carbonyl (C=O) groups is 3. The van der Waals surface area contributed by atoms with Gasteiger partial charge in [-0.05, 0) is 51.5 Å². The molecule has 1 heterocycles. The van der Waals surface area contributed by atoms with E-state index < -0.39 is 35.8 Å². The molecule has 1 atom stereocenters. The lowest BCUT2D eigenvalue weighted by Gasteiger charge is -2.34. The fourth-order valence-corrected chi connectivity index (χ4v) is 4.03. The zero-order valence-electron chi connectivity index (χ0n) is 23.6. The Bertz CT molecular complexity index is 1180. The summed E-state index contributed by atoms with van der Waals surface area (Å²) in [5.74, 6) is -0.553. The van der Waals surface area contributed by atoms with Crippen molar-refractivity contribution in [2.24, 2.45) is 5.73 Å². The van der Waals surface area contributed by atoms with E-state index in [0.717, 1.165) is 15.6 Å². The summed E-state index contributed by atoms with van der Waals surface area (Å²) in [6.07, 6.45) is -2.52. The summed E-state index contributed by atoms with van der Waals surface area (Å²) in [4.78, 5) is 41.1. The van der Waals surface area contributed by atoms with Gasteiger partial charge in [0.15, 0.2) is 0 Å². The second kappa shape index (κ2) is 13.3. The Morgan fingerprint density at radius 1 is 1.12 bits per heavy atom. The molecule has 40 heavy (non-hydrogen) atoms. The van der Waals surface area contributed by atoms with Crippen molar-refractivity contribution in [1.29, 1.82) is 0 Å². The van der Waals surface area contributed by atoms with Gasteiger partial charge in [-0.2, -0.15) is 0 Å². The summed E-state index contributed by atoms with van der Waals surface area (Å²) in [5, 5.41) is 2.18. The van der Waals surface area contributed by atoms with Crippen molar-refractivity contribution in [3.63, 3.8) is 0 Å². The van der Waals surface area contributed by atoms with Crippen molar-refractivity contribution in [3.05, 3.63) is 59.9 Å². The highest BCUT2D eigenvalue weighted by atomic mass is 19.1. The molecule has 0 bridgehead atoms. The smallest absolute Gasteiger partial charge is 0.429 e. The van der Waals surface area contributed by atoms with Gasteiger partial charge in [-0.3, -0.25) is 4.90 Å². The summed E-state index contributed by atoms with van der Waals surface area (Å²) >= 11 is 0. The van der Waals surface area contributed by atoms with Gasteiger partial charge in [-0.15, -0.1) is 0 Å². The lowest BCUT2D eigenvalue weighted by atomic mass is 10.2. The summed E-state index contributed by atoms with van der Waals surface area (Å²) in [6, 6.07) is 13.6. The summed E-state index contributed by atoms with van der Waals surface area (Å²) in [5.41, 5.74) is 6.20. The maximum atomic E-state index is 15.3. The maximum Gasteiger partial charge on any atom is 0.429 e. The van der Waals surface area contributed by atoms with Crippen LogP contribution < -0.4 is 15.5 Å². The van der Waals surface area contributed by atoms with E-state index in [2.05, 4.69) is 0 Å². The van der Waals surface area contributed by atoms with E-state index in [1.807, 2.05) is 37.3 Å². The van der Waals surface area contributed by atoms with Crippen LogP contribution in [-0.2, 0) is 20.8 Å². The molecule has 1 saturated heterocycles. The molecule has 0 spiro atoms. The molecular formula is C28H38FN5O6. The van der Waals surface area contributed by atoms with Crippen molar-refractivity contribution in [2.75, 3.05) is 49.6 Å².